The Bertz CT molecular complexity index is 1310. The lowest BCUT2D eigenvalue weighted by atomic mass is 10.2. The van der Waals surface area contributed by atoms with Crippen LogP contribution in [0.5, 0.6) is 11.5 Å². The average molecular weight is 456 g/mol. The van der Waals surface area contributed by atoms with Gasteiger partial charge in [-0.25, -0.2) is 10.1 Å². The Balaban J connectivity index is 1.10. The molecule has 0 saturated heterocycles. The van der Waals surface area contributed by atoms with E-state index in [0.717, 1.165) is 33.8 Å². The van der Waals surface area contributed by atoms with Gasteiger partial charge in [0.15, 0.2) is 5.82 Å². The van der Waals surface area contributed by atoms with Gasteiger partial charge < -0.3 is 9.47 Å². The molecule has 164 valence electrons. The summed E-state index contributed by atoms with van der Waals surface area (Å²) in [5, 5.41) is 14.7. The molecule has 0 unspecified atom stereocenters. The number of hydrogen-bond acceptors (Lipinski definition) is 7. The molecule has 0 atom stereocenters. The largest absolute Gasteiger partial charge is 0.487 e. The zero-order chi connectivity index (χ0) is 22.3. The lowest BCUT2D eigenvalue weighted by Crippen LogP contribution is -1.98. The Morgan fingerprint density at radius 1 is 0.758 bits per heavy atom. The molecular formula is C25H21N5O2S. The van der Waals surface area contributed by atoms with Crippen molar-refractivity contribution in [1.82, 2.24) is 25.6 Å². The highest BCUT2D eigenvalue weighted by Gasteiger charge is 2.03. The third-order valence-electron chi connectivity index (χ3n) is 4.96. The Hall–Kier alpha value is -3.91. The maximum atomic E-state index is 5.92. The molecular weight excluding hydrogens is 434 g/mol. The lowest BCUT2D eigenvalue weighted by Gasteiger charge is -2.08. The van der Waals surface area contributed by atoms with Gasteiger partial charge in [0.1, 0.15) is 24.7 Å². The van der Waals surface area contributed by atoms with Crippen molar-refractivity contribution in [1.29, 1.82) is 0 Å². The quantitative estimate of drug-likeness (QED) is 0.306. The smallest absolute Gasteiger partial charge is 0.186 e. The van der Waals surface area contributed by atoms with E-state index >= 15 is 0 Å². The Morgan fingerprint density at radius 3 is 2.30 bits per heavy atom. The van der Waals surface area contributed by atoms with Gasteiger partial charge in [0.05, 0.1) is 11.2 Å². The summed E-state index contributed by atoms with van der Waals surface area (Å²) in [6, 6.07) is 28.4. The van der Waals surface area contributed by atoms with Crippen molar-refractivity contribution in [2.75, 3.05) is 0 Å². The number of thioether (sulfide) groups is 1. The van der Waals surface area contributed by atoms with Crippen LogP contribution < -0.4 is 9.47 Å². The number of pyridine rings is 1. The average Bonchev–Trinajstić information content (AvgIpc) is 3.40. The van der Waals surface area contributed by atoms with Crippen LogP contribution in [0.2, 0.25) is 0 Å². The standard InChI is InChI=1S/C25H21N5O2S/c1-2-4-24-19(3-1)7-8-20(26-24)15-31-22-11-13-23(14-12-22)33-17-18-5-9-21(10-6-18)32-16-25-27-29-30-28-25/h1-14H,15-17H2,(H,27,28,29,30). The first-order chi connectivity index (χ1) is 16.3. The minimum absolute atomic E-state index is 0.312. The number of fused-ring (bicyclic) bond motifs is 1. The molecule has 0 aliphatic rings. The van der Waals surface area contributed by atoms with Crippen LogP contribution in [-0.2, 0) is 19.0 Å². The van der Waals surface area contributed by atoms with E-state index < -0.39 is 0 Å². The van der Waals surface area contributed by atoms with Gasteiger partial charge in [-0.3, -0.25) is 0 Å². The SMILES string of the molecule is c1ccc2nc(COc3ccc(SCc4ccc(OCc5nnn[nH]5)cc4)cc3)ccc2c1. The monoisotopic (exact) mass is 455 g/mol. The van der Waals surface area contributed by atoms with Gasteiger partial charge >= 0.3 is 0 Å². The molecule has 0 aliphatic carbocycles. The molecule has 5 aromatic rings. The third-order valence-corrected chi connectivity index (χ3v) is 6.04. The van der Waals surface area contributed by atoms with E-state index in [1.807, 2.05) is 48.5 Å². The van der Waals surface area contributed by atoms with Gasteiger partial charge in [0.25, 0.3) is 0 Å². The van der Waals surface area contributed by atoms with Crippen LogP contribution in [0.4, 0.5) is 0 Å². The van der Waals surface area contributed by atoms with E-state index in [-0.39, 0.29) is 0 Å². The van der Waals surface area contributed by atoms with Crippen molar-refractivity contribution in [3.63, 3.8) is 0 Å². The second-order valence-corrected chi connectivity index (χ2v) is 8.37. The second-order valence-electron chi connectivity index (χ2n) is 7.32. The molecule has 1 N–H and O–H groups in total. The highest BCUT2D eigenvalue weighted by atomic mass is 32.2. The molecule has 0 aliphatic heterocycles. The van der Waals surface area contributed by atoms with E-state index in [4.69, 9.17) is 9.47 Å². The van der Waals surface area contributed by atoms with Crippen LogP contribution in [0.3, 0.4) is 0 Å². The maximum Gasteiger partial charge on any atom is 0.186 e. The van der Waals surface area contributed by atoms with Crippen LogP contribution in [-0.4, -0.2) is 25.6 Å². The van der Waals surface area contributed by atoms with Crippen molar-refractivity contribution >= 4 is 22.7 Å². The number of tetrazole rings is 1. The minimum Gasteiger partial charge on any atom is -0.487 e. The fourth-order valence-electron chi connectivity index (χ4n) is 3.22. The first-order valence-corrected chi connectivity index (χ1v) is 11.4. The number of benzene rings is 3. The second kappa shape index (κ2) is 10.1. The summed E-state index contributed by atoms with van der Waals surface area (Å²) >= 11 is 1.78. The Kier molecular flexibility index (Phi) is 6.44. The zero-order valence-electron chi connectivity index (χ0n) is 17.7. The molecule has 0 radical (unpaired) electrons. The number of hydrogen-bond donors (Lipinski definition) is 1. The molecule has 5 rings (SSSR count). The molecule has 0 spiro atoms. The van der Waals surface area contributed by atoms with Gasteiger partial charge in [0.2, 0.25) is 0 Å². The number of para-hydroxylation sites is 1. The van der Waals surface area contributed by atoms with Crippen molar-refractivity contribution < 1.29 is 9.47 Å². The topological polar surface area (TPSA) is 85.8 Å². The van der Waals surface area contributed by atoms with Crippen LogP contribution in [0.25, 0.3) is 10.9 Å². The molecule has 0 bridgehead atoms. The van der Waals surface area contributed by atoms with Crippen molar-refractivity contribution in [3.8, 4) is 11.5 Å². The van der Waals surface area contributed by atoms with E-state index in [0.29, 0.717) is 19.0 Å². The molecule has 7 nitrogen and oxygen atoms in total. The van der Waals surface area contributed by atoms with Gasteiger partial charge in [-0.05, 0) is 64.5 Å². The molecule has 0 fully saturated rings. The number of aromatic amines is 1. The molecule has 2 aromatic heterocycles. The Morgan fingerprint density at radius 2 is 1.52 bits per heavy atom. The van der Waals surface area contributed by atoms with Crippen LogP contribution >= 0.6 is 11.8 Å². The fourth-order valence-corrected chi connectivity index (χ4v) is 4.07. The van der Waals surface area contributed by atoms with Crippen LogP contribution in [0.1, 0.15) is 17.1 Å². The van der Waals surface area contributed by atoms with Gasteiger partial charge in [-0.2, -0.15) is 0 Å². The van der Waals surface area contributed by atoms with Crippen molar-refractivity contribution in [3.05, 3.63) is 102 Å². The molecule has 3 aromatic carbocycles. The third kappa shape index (κ3) is 5.67. The molecule has 8 heteroatoms. The van der Waals surface area contributed by atoms with Crippen molar-refractivity contribution in [2.45, 2.75) is 23.9 Å². The lowest BCUT2D eigenvalue weighted by molar-refractivity contribution is 0.296. The predicted molar refractivity (Wildman–Crippen MR) is 127 cm³/mol. The van der Waals surface area contributed by atoms with E-state index in [1.54, 1.807) is 11.8 Å². The van der Waals surface area contributed by atoms with E-state index in [1.165, 1.54) is 10.5 Å². The number of nitrogens with one attached hydrogen (secondary N) is 1. The number of aromatic nitrogens is 5. The van der Waals surface area contributed by atoms with Crippen LogP contribution in [0.15, 0.2) is 89.8 Å². The molecule has 33 heavy (non-hydrogen) atoms. The van der Waals surface area contributed by atoms with Gasteiger partial charge in [0, 0.05) is 16.0 Å². The highest BCUT2D eigenvalue weighted by molar-refractivity contribution is 7.98. The number of ether oxygens (including phenoxy) is 2. The molecule has 0 amide bonds. The predicted octanol–water partition coefficient (Wildman–Crippen LogP) is 5.20. The Labute approximate surface area is 195 Å². The number of rotatable bonds is 9. The summed E-state index contributed by atoms with van der Waals surface area (Å²) in [6.45, 7) is 0.755. The van der Waals surface area contributed by atoms with E-state index in [9.17, 15) is 0 Å². The highest BCUT2D eigenvalue weighted by Crippen LogP contribution is 2.26. The maximum absolute atomic E-state index is 5.92. The molecule has 2 heterocycles. The van der Waals surface area contributed by atoms with Gasteiger partial charge in [-0.1, -0.05) is 36.4 Å². The first kappa shape index (κ1) is 21.0. The summed E-state index contributed by atoms with van der Waals surface area (Å²) in [7, 11) is 0. The minimum atomic E-state index is 0.312. The fraction of sp³-hybridized carbons (Fsp3) is 0.120. The summed E-state index contributed by atoms with van der Waals surface area (Å²) < 4.78 is 11.6. The van der Waals surface area contributed by atoms with Crippen LogP contribution in [0, 0.1) is 0 Å². The zero-order valence-corrected chi connectivity index (χ0v) is 18.5. The number of nitrogens with zero attached hydrogens (tertiary/aromatic N) is 4. The summed E-state index contributed by atoms with van der Waals surface area (Å²) in [4.78, 5) is 5.84. The van der Waals surface area contributed by atoms with E-state index in [2.05, 4.69) is 62.0 Å². The summed E-state index contributed by atoms with van der Waals surface area (Å²) in [5.74, 6) is 3.07. The normalized spacial score (nSPS) is 10.9. The first-order valence-electron chi connectivity index (χ1n) is 10.5. The van der Waals surface area contributed by atoms with Gasteiger partial charge in [-0.15, -0.1) is 16.9 Å². The summed E-state index contributed by atoms with van der Waals surface area (Å²) in [5.41, 5.74) is 3.12. The van der Waals surface area contributed by atoms with Crippen molar-refractivity contribution in [2.24, 2.45) is 0 Å². The molecule has 0 saturated carbocycles. The summed E-state index contributed by atoms with van der Waals surface area (Å²) in [6.07, 6.45) is 0. The number of H-pyrrole nitrogens is 1.